The Balaban J connectivity index is 2.47. The number of pyridine rings is 1. The summed E-state index contributed by atoms with van der Waals surface area (Å²) in [6.45, 7) is 5.78. The molecular formula is C13H21N3O2. The molecule has 0 aliphatic rings. The molecule has 0 radical (unpaired) electrons. The van der Waals surface area contributed by atoms with Crippen LogP contribution in [0.1, 0.15) is 29.9 Å². The minimum absolute atomic E-state index is 0.0704. The molecule has 0 unspecified atom stereocenters. The van der Waals surface area contributed by atoms with Gasteiger partial charge in [-0.2, -0.15) is 0 Å². The number of nitrogens with one attached hydrogen (secondary N) is 1. The molecule has 18 heavy (non-hydrogen) atoms. The summed E-state index contributed by atoms with van der Waals surface area (Å²) in [5.74, 6) is -0.948. The second-order valence-electron chi connectivity index (χ2n) is 5.15. The maximum Gasteiger partial charge on any atom is 0.337 e. The van der Waals surface area contributed by atoms with E-state index in [4.69, 9.17) is 5.11 Å². The average molecular weight is 251 g/mol. The largest absolute Gasteiger partial charge is 0.478 e. The van der Waals surface area contributed by atoms with E-state index in [-0.39, 0.29) is 11.1 Å². The van der Waals surface area contributed by atoms with E-state index in [1.165, 1.54) is 6.20 Å². The molecule has 5 heteroatoms. The topological polar surface area (TPSA) is 65.5 Å². The Morgan fingerprint density at radius 2 is 2.11 bits per heavy atom. The number of nitrogens with zero attached hydrogens (tertiary/aromatic N) is 2. The van der Waals surface area contributed by atoms with Crippen LogP contribution in [0, 0.1) is 0 Å². The Kier molecular flexibility index (Phi) is 4.81. The summed E-state index contributed by atoms with van der Waals surface area (Å²) in [4.78, 5) is 16.9. The van der Waals surface area contributed by atoms with Gasteiger partial charge in [-0.05, 0) is 40.1 Å². The molecule has 0 aliphatic heterocycles. The van der Waals surface area contributed by atoms with Gasteiger partial charge in [0.2, 0.25) is 0 Å². The van der Waals surface area contributed by atoms with Gasteiger partial charge in [0, 0.05) is 24.8 Å². The van der Waals surface area contributed by atoms with Gasteiger partial charge in [0.05, 0.1) is 11.3 Å². The van der Waals surface area contributed by atoms with Crippen LogP contribution in [0.2, 0.25) is 0 Å². The van der Waals surface area contributed by atoms with E-state index in [9.17, 15) is 4.79 Å². The maximum absolute atomic E-state index is 10.7. The van der Waals surface area contributed by atoms with E-state index in [0.717, 1.165) is 12.2 Å². The van der Waals surface area contributed by atoms with Crippen molar-refractivity contribution in [1.29, 1.82) is 0 Å². The third kappa shape index (κ3) is 4.09. The summed E-state index contributed by atoms with van der Waals surface area (Å²) in [7, 11) is 4.09. The predicted molar refractivity (Wildman–Crippen MR) is 70.7 cm³/mol. The van der Waals surface area contributed by atoms with Crippen molar-refractivity contribution in [2.24, 2.45) is 0 Å². The smallest absolute Gasteiger partial charge is 0.337 e. The Morgan fingerprint density at radius 1 is 1.44 bits per heavy atom. The quantitative estimate of drug-likeness (QED) is 0.795. The van der Waals surface area contributed by atoms with Crippen LogP contribution in [0.3, 0.4) is 0 Å². The van der Waals surface area contributed by atoms with Crippen molar-refractivity contribution < 1.29 is 9.90 Å². The van der Waals surface area contributed by atoms with Crippen molar-refractivity contribution in [3.63, 3.8) is 0 Å². The fourth-order valence-electron chi connectivity index (χ4n) is 1.31. The highest BCUT2D eigenvalue weighted by Crippen LogP contribution is 2.08. The number of carbonyl (C=O) groups is 1. The summed E-state index contributed by atoms with van der Waals surface area (Å²) in [5, 5.41) is 12.1. The fraction of sp³-hybridized carbons (Fsp3) is 0.538. The van der Waals surface area contributed by atoms with Crippen molar-refractivity contribution in [1.82, 2.24) is 15.2 Å². The number of rotatable bonds is 6. The van der Waals surface area contributed by atoms with Crippen LogP contribution in [0.15, 0.2) is 18.3 Å². The molecule has 1 heterocycles. The zero-order chi connectivity index (χ0) is 13.8. The molecule has 0 aliphatic carbocycles. The number of carboxylic acids is 1. The second kappa shape index (κ2) is 5.93. The lowest BCUT2D eigenvalue weighted by molar-refractivity contribution is 0.0696. The van der Waals surface area contributed by atoms with Crippen LogP contribution >= 0.6 is 0 Å². The SMILES string of the molecule is CN(C)C(C)(C)CNCc1ccc(C(=O)O)cn1. The van der Waals surface area contributed by atoms with E-state index in [0.29, 0.717) is 6.54 Å². The number of likely N-dealkylation sites (N-methyl/N-ethyl adjacent to an activating group) is 1. The Bertz CT molecular complexity index is 399. The standard InChI is InChI=1S/C13H21N3O2/c1-13(2,16(3)4)9-14-8-11-6-5-10(7-15-11)12(17)18/h5-7,14H,8-9H2,1-4H3,(H,17,18). The molecule has 0 amide bonds. The van der Waals surface area contributed by atoms with Gasteiger partial charge >= 0.3 is 5.97 Å². The highest BCUT2D eigenvalue weighted by molar-refractivity contribution is 5.87. The van der Waals surface area contributed by atoms with Gasteiger partial charge < -0.3 is 15.3 Å². The van der Waals surface area contributed by atoms with Gasteiger partial charge in [0.15, 0.2) is 0 Å². The monoisotopic (exact) mass is 251 g/mol. The molecule has 0 fully saturated rings. The number of aromatic carboxylic acids is 1. The van der Waals surface area contributed by atoms with Crippen LogP contribution < -0.4 is 5.32 Å². The van der Waals surface area contributed by atoms with Crippen LogP contribution in [0.4, 0.5) is 0 Å². The van der Waals surface area contributed by atoms with Crippen LogP contribution in [0.5, 0.6) is 0 Å². The summed E-state index contributed by atoms with van der Waals surface area (Å²) in [5.41, 5.74) is 1.13. The van der Waals surface area contributed by atoms with Gasteiger partial charge in [-0.25, -0.2) is 4.79 Å². The highest BCUT2D eigenvalue weighted by Gasteiger charge is 2.19. The number of hydrogen-bond donors (Lipinski definition) is 2. The lowest BCUT2D eigenvalue weighted by Crippen LogP contribution is -2.46. The van der Waals surface area contributed by atoms with Crippen molar-refractivity contribution in [3.8, 4) is 0 Å². The van der Waals surface area contributed by atoms with Crippen LogP contribution in [0.25, 0.3) is 0 Å². The Hall–Kier alpha value is -1.46. The molecule has 0 bridgehead atoms. The van der Waals surface area contributed by atoms with Gasteiger partial charge in [-0.15, -0.1) is 0 Å². The zero-order valence-corrected chi connectivity index (χ0v) is 11.4. The number of carboxylic acid groups (broad SMARTS) is 1. The Morgan fingerprint density at radius 3 is 2.56 bits per heavy atom. The maximum atomic E-state index is 10.7. The first-order valence-electron chi connectivity index (χ1n) is 5.89. The van der Waals surface area contributed by atoms with Crippen LogP contribution in [-0.2, 0) is 6.54 Å². The molecule has 0 atom stereocenters. The first kappa shape index (κ1) is 14.6. The van der Waals surface area contributed by atoms with Crippen molar-refractivity contribution in [2.75, 3.05) is 20.6 Å². The first-order valence-corrected chi connectivity index (χ1v) is 5.89. The van der Waals surface area contributed by atoms with E-state index in [2.05, 4.69) is 29.0 Å². The fourth-order valence-corrected chi connectivity index (χ4v) is 1.31. The van der Waals surface area contributed by atoms with Crippen molar-refractivity contribution in [3.05, 3.63) is 29.6 Å². The average Bonchev–Trinajstić information content (AvgIpc) is 2.29. The molecule has 100 valence electrons. The third-order valence-corrected chi connectivity index (χ3v) is 3.15. The third-order valence-electron chi connectivity index (χ3n) is 3.15. The van der Waals surface area contributed by atoms with Crippen LogP contribution in [-0.4, -0.2) is 47.1 Å². The molecule has 1 rings (SSSR count). The lowest BCUT2D eigenvalue weighted by Gasteiger charge is -2.32. The molecule has 1 aromatic rings. The summed E-state index contributed by atoms with van der Waals surface area (Å²) in [6.07, 6.45) is 1.39. The lowest BCUT2D eigenvalue weighted by atomic mass is 10.0. The van der Waals surface area contributed by atoms with E-state index < -0.39 is 5.97 Å². The van der Waals surface area contributed by atoms with Gasteiger partial charge in [-0.1, -0.05) is 0 Å². The normalized spacial score (nSPS) is 11.8. The number of hydrogen-bond acceptors (Lipinski definition) is 4. The summed E-state index contributed by atoms with van der Waals surface area (Å²) >= 11 is 0. The van der Waals surface area contributed by atoms with Gasteiger partial charge in [0.1, 0.15) is 0 Å². The zero-order valence-electron chi connectivity index (χ0n) is 11.4. The molecule has 0 saturated carbocycles. The summed E-state index contributed by atoms with van der Waals surface area (Å²) in [6, 6.07) is 3.31. The molecule has 2 N–H and O–H groups in total. The molecule has 0 spiro atoms. The first-order chi connectivity index (χ1) is 8.33. The molecular weight excluding hydrogens is 230 g/mol. The van der Waals surface area contributed by atoms with Gasteiger partial charge in [-0.3, -0.25) is 4.98 Å². The highest BCUT2D eigenvalue weighted by atomic mass is 16.4. The minimum Gasteiger partial charge on any atom is -0.478 e. The van der Waals surface area contributed by atoms with E-state index >= 15 is 0 Å². The predicted octanol–water partition coefficient (Wildman–Crippen LogP) is 1.21. The van der Waals surface area contributed by atoms with E-state index in [1.54, 1.807) is 12.1 Å². The molecule has 0 saturated heterocycles. The molecule has 1 aromatic heterocycles. The molecule has 5 nitrogen and oxygen atoms in total. The van der Waals surface area contributed by atoms with E-state index in [1.807, 2.05) is 14.1 Å². The van der Waals surface area contributed by atoms with Crippen molar-refractivity contribution >= 4 is 5.97 Å². The molecule has 0 aromatic carbocycles. The van der Waals surface area contributed by atoms with Gasteiger partial charge in [0.25, 0.3) is 0 Å². The second-order valence-corrected chi connectivity index (χ2v) is 5.15. The Labute approximate surface area is 108 Å². The van der Waals surface area contributed by atoms with Crippen molar-refractivity contribution in [2.45, 2.75) is 25.9 Å². The minimum atomic E-state index is -0.948. The number of aromatic nitrogens is 1. The summed E-state index contributed by atoms with van der Waals surface area (Å²) < 4.78 is 0.